The van der Waals surface area contributed by atoms with Gasteiger partial charge in [-0.15, -0.1) is 0 Å². The van der Waals surface area contributed by atoms with Gasteiger partial charge in [0.25, 0.3) is 0 Å². The number of imidazole rings is 2. The zero-order chi connectivity index (χ0) is 20.1. The highest BCUT2D eigenvalue weighted by atomic mass is 27.1. The van der Waals surface area contributed by atoms with Crippen LogP contribution in [-0.4, -0.2) is 35.7 Å². The van der Waals surface area contributed by atoms with Crippen molar-refractivity contribution in [1.82, 2.24) is 19.1 Å². The summed E-state index contributed by atoms with van der Waals surface area (Å²) >= 11 is 2.31. The van der Waals surface area contributed by atoms with Crippen LogP contribution < -0.4 is 3.79 Å². The third kappa shape index (κ3) is 4.14. The molecule has 2 aromatic heterocycles. The highest BCUT2D eigenvalue weighted by Gasteiger charge is 2.18. The Kier molecular flexibility index (Phi) is 6.14. The molecular weight excluding hydrogens is 375 g/mol. The van der Waals surface area contributed by atoms with E-state index >= 15 is 0 Å². The van der Waals surface area contributed by atoms with Crippen LogP contribution in [0.3, 0.4) is 0 Å². The molecule has 4 rings (SSSR count). The number of nitrogens with zero attached hydrogens (tertiary/aromatic N) is 4. The van der Waals surface area contributed by atoms with Crippen LogP contribution in [0.1, 0.15) is 32.0 Å². The summed E-state index contributed by atoms with van der Waals surface area (Å²) in [7, 11) is 0. The number of para-hydroxylation sites is 1. The molecule has 0 saturated carbocycles. The van der Waals surface area contributed by atoms with Crippen molar-refractivity contribution in [2.24, 2.45) is 0 Å². The van der Waals surface area contributed by atoms with Crippen molar-refractivity contribution in [1.29, 1.82) is 0 Å². The maximum atomic E-state index is 5.52. The summed E-state index contributed by atoms with van der Waals surface area (Å²) in [5.41, 5.74) is 2.12. The van der Waals surface area contributed by atoms with Crippen molar-refractivity contribution >= 4 is 16.6 Å². The summed E-state index contributed by atoms with van der Waals surface area (Å²) in [4.78, 5) is 9.59. The van der Waals surface area contributed by atoms with Gasteiger partial charge in [-0.2, -0.15) is 0 Å². The topological polar surface area (TPSA) is 44.9 Å². The molecule has 144 valence electrons. The molecule has 2 radical (unpaired) electrons. The van der Waals surface area contributed by atoms with Crippen molar-refractivity contribution < 1.29 is 3.79 Å². The Morgan fingerprint density at radius 1 is 0.966 bits per heavy atom. The molecule has 29 heavy (non-hydrogen) atoms. The molecule has 0 aliphatic heterocycles. The first-order valence-corrected chi connectivity index (χ1v) is 10.4. The zero-order valence-corrected chi connectivity index (χ0v) is 17.7. The number of hydrogen-bond acceptors (Lipinski definition) is 3. The van der Waals surface area contributed by atoms with E-state index in [1.54, 1.807) is 6.20 Å². The van der Waals surface area contributed by atoms with Crippen LogP contribution in [-0.2, 0) is 6.42 Å². The van der Waals surface area contributed by atoms with Crippen LogP contribution in [0, 0.1) is 0 Å². The van der Waals surface area contributed by atoms with Gasteiger partial charge in [0.15, 0.2) is 11.7 Å². The van der Waals surface area contributed by atoms with E-state index in [1.165, 1.54) is 12.8 Å². The van der Waals surface area contributed by atoms with Gasteiger partial charge < -0.3 is 8.36 Å². The van der Waals surface area contributed by atoms with Crippen LogP contribution in [0.2, 0.25) is 0 Å². The van der Waals surface area contributed by atoms with E-state index in [0.717, 1.165) is 41.6 Å². The van der Waals surface area contributed by atoms with Gasteiger partial charge in [-0.25, -0.2) is 14.5 Å². The van der Waals surface area contributed by atoms with Gasteiger partial charge in [0, 0.05) is 17.7 Å². The number of aromatic nitrogens is 4. The standard InChI is InChI=1S/C23H24N4O.Al/c1-2-3-6-15-20-25-21(17-26(20)19-13-9-5-10-14-19)27-22(28)16-24-23(27)18-11-7-4-8-12-18;/h4-5,7-14,16-17,28H,2-3,6,15H2,1H3;/q;+1/p-1. The second-order valence-corrected chi connectivity index (χ2v) is 7.15. The summed E-state index contributed by atoms with van der Waals surface area (Å²) in [5, 5.41) is 0. The second-order valence-electron chi connectivity index (χ2n) is 6.92. The van der Waals surface area contributed by atoms with E-state index in [9.17, 15) is 0 Å². The largest absolute Gasteiger partial charge is 0.640 e. The lowest BCUT2D eigenvalue weighted by atomic mass is 10.2. The molecule has 0 aliphatic rings. The molecule has 0 aliphatic carbocycles. The van der Waals surface area contributed by atoms with Crippen molar-refractivity contribution in [3.63, 3.8) is 0 Å². The Hall–Kier alpha value is -2.81. The molecule has 6 heteroatoms. The van der Waals surface area contributed by atoms with Gasteiger partial charge >= 0.3 is 16.6 Å². The second kappa shape index (κ2) is 9.13. The van der Waals surface area contributed by atoms with Crippen LogP contribution in [0.25, 0.3) is 22.9 Å². The molecule has 0 fully saturated rings. The molecule has 0 bridgehead atoms. The minimum atomic E-state index is 0.631. The number of benzene rings is 2. The monoisotopic (exact) mass is 398 g/mol. The van der Waals surface area contributed by atoms with Crippen LogP contribution in [0.15, 0.2) is 73.1 Å². The quantitative estimate of drug-likeness (QED) is 0.313. The Balaban J connectivity index is 1.82. The molecule has 0 spiro atoms. The minimum Gasteiger partial charge on any atom is -0.640 e. The predicted molar refractivity (Wildman–Crippen MR) is 116 cm³/mol. The smallest absolute Gasteiger partial charge is 0.483 e. The van der Waals surface area contributed by atoms with Crippen LogP contribution in [0.4, 0.5) is 0 Å². The third-order valence-corrected chi connectivity index (χ3v) is 5.16. The van der Waals surface area contributed by atoms with Gasteiger partial charge in [0.1, 0.15) is 11.6 Å². The number of aryl methyl sites for hydroxylation is 1. The molecule has 2 heterocycles. The molecule has 0 amide bonds. The lowest BCUT2D eigenvalue weighted by molar-refractivity contribution is 0.571. The van der Waals surface area contributed by atoms with Crippen molar-refractivity contribution in [3.05, 3.63) is 78.9 Å². The van der Waals surface area contributed by atoms with E-state index in [1.807, 2.05) is 41.0 Å². The summed E-state index contributed by atoms with van der Waals surface area (Å²) in [6.07, 6.45) is 8.21. The molecule has 4 aromatic rings. The van der Waals surface area contributed by atoms with Crippen molar-refractivity contribution in [2.45, 2.75) is 32.6 Å². The maximum Gasteiger partial charge on any atom is 0.483 e. The fourth-order valence-electron chi connectivity index (χ4n) is 3.47. The lowest BCUT2D eigenvalue weighted by Crippen LogP contribution is -2.02. The summed E-state index contributed by atoms with van der Waals surface area (Å²) in [6.45, 7) is 2.22. The fourth-order valence-corrected chi connectivity index (χ4v) is 3.63. The Labute approximate surface area is 179 Å². The summed E-state index contributed by atoms with van der Waals surface area (Å²) in [6, 6.07) is 20.4. The first kappa shape index (κ1) is 19.5. The van der Waals surface area contributed by atoms with Gasteiger partial charge in [0.2, 0.25) is 0 Å². The third-order valence-electron chi connectivity index (χ3n) is 4.92. The summed E-state index contributed by atoms with van der Waals surface area (Å²) in [5.74, 6) is 3.28. The molecular formula is C23H23AlN4O. The van der Waals surface area contributed by atoms with E-state index in [0.29, 0.717) is 5.88 Å². The highest BCUT2D eigenvalue weighted by Crippen LogP contribution is 2.28. The van der Waals surface area contributed by atoms with E-state index in [2.05, 4.69) is 63.6 Å². The van der Waals surface area contributed by atoms with E-state index in [-0.39, 0.29) is 0 Å². The average molecular weight is 398 g/mol. The normalized spacial score (nSPS) is 10.9. The molecule has 0 atom stereocenters. The Morgan fingerprint density at radius 3 is 2.38 bits per heavy atom. The van der Waals surface area contributed by atoms with Gasteiger partial charge in [-0.3, -0.25) is 0 Å². The van der Waals surface area contributed by atoms with Gasteiger partial charge in [-0.05, 0) is 18.6 Å². The molecule has 0 unspecified atom stereocenters. The van der Waals surface area contributed by atoms with Crippen molar-refractivity contribution in [3.8, 4) is 28.8 Å². The minimum absolute atomic E-state index is 0.631. The highest BCUT2D eigenvalue weighted by molar-refractivity contribution is 5.99. The molecule has 0 saturated heterocycles. The van der Waals surface area contributed by atoms with Crippen LogP contribution in [0.5, 0.6) is 5.88 Å². The zero-order valence-electron chi connectivity index (χ0n) is 16.5. The van der Waals surface area contributed by atoms with E-state index in [4.69, 9.17) is 8.77 Å². The average Bonchev–Trinajstić information content (AvgIpc) is 3.39. The SMILES string of the molecule is CCCCCc1nc(-n2c([O][Al])cnc2-c2ccccc2)cn1-c1ccccc1. The Bertz CT molecular complexity index is 1060. The first-order chi connectivity index (χ1) is 14.3. The Morgan fingerprint density at radius 2 is 1.69 bits per heavy atom. The van der Waals surface area contributed by atoms with E-state index < -0.39 is 0 Å². The summed E-state index contributed by atoms with van der Waals surface area (Å²) < 4.78 is 9.66. The molecule has 2 aromatic carbocycles. The van der Waals surface area contributed by atoms with Crippen molar-refractivity contribution in [2.75, 3.05) is 0 Å². The first-order valence-electron chi connectivity index (χ1n) is 9.95. The number of hydrogen-bond donors (Lipinski definition) is 0. The van der Waals surface area contributed by atoms with Gasteiger partial charge in [-0.1, -0.05) is 68.3 Å². The number of rotatable bonds is 8. The number of unbranched alkanes of at least 4 members (excludes halogenated alkanes) is 2. The maximum absolute atomic E-state index is 5.52. The fraction of sp³-hybridized carbons (Fsp3) is 0.217. The molecule has 5 nitrogen and oxygen atoms in total. The molecule has 0 N–H and O–H groups in total. The van der Waals surface area contributed by atoms with Crippen LogP contribution >= 0.6 is 0 Å². The van der Waals surface area contributed by atoms with Gasteiger partial charge in [0.05, 0.1) is 12.4 Å². The lowest BCUT2D eigenvalue weighted by Gasteiger charge is -2.09. The predicted octanol–water partition coefficient (Wildman–Crippen LogP) is 4.92.